The van der Waals surface area contributed by atoms with Crippen LogP contribution in [0.3, 0.4) is 0 Å². The van der Waals surface area contributed by atoms with E-state index < -0.39 is 5.97 Å². The predicted octanol–water partition coefficient (Wildman–Crippen LogP) is -0.268. The number of nitrogens with two attached hydrogens (primary N) is 2. The van der Waals surface area contributed by atoms with Crippen molar-refractivity contribution in [3.8, 4) is 5.75 Å². The number of rotatable bonds is 4. The van der Waals surface area contributed by atoms with Crippen LogP contribution >= 0.6 is 0 Å². The van der Waals surface area contributed by atoms with E-state index in [0.29, 0.717) is 17.0 Å². The molecular formula is C10H14N4O3. The first kappa shape index (κ1) is 12.8. The number of ether oxygens (including phenoxy) is 1. The summed E-state index contributed by atoms with van der Waals surface area (Å²) in [5.41, 5.74) is 8.67. The van der Waals surface area contributed by atoms with E-state index in [1.54, 1.807) is 18.2 Å². The van der Waals surface area contributed by atoms with Gasteiger partial charge < -0.3 is 15.6 Å². The summed E-state index contributed by atoms with van der Waals surface area (Å²) in [4.78, 5) is 14.6. The van der Waals surface area contributed by atoms with Gasteiger partial charge in [0.25, 0.3) is 0 Å². The second-order valence-electron chi connectivity index (χ2n) is 3.21. The van der Waals surface area contributed by atoms with Crippen molar-refractivity contribution in [3.63, 3.8) is 0 Å². The number of hydrogen-bond donors (Lipinski definition) is 4. The number of aliphatic imine (C=N–C) groups is 1. The van der Waals surface area contributed by atoms with Crippen LogP contribution in [0.2, 0.25) is 0 Å². The number of aliphatic carboxylic acids is 1. The van der Waals surface area contributed by atoms with Crippen molar-refractivity contribution in [1.82, 2.24) is 5.43 Å². The Labute approximate surface area is 98.1 Å². The van der Waals surface area contributed by atoms with Gasteiger partial charge in [-0.15, -0.1) is 0 Å². The van der Waals surface area contributed by atoms with Crippen molar-refractivity contribution < 1.29 is 14.6 Å². The molecule has 0 aliphatic heterocycles. The van der Waals surface area contributed by atoms with Crippen LogP contribution < -0.4 is 21.7 Å². The summed E-state index contributed by atoms with van der Waals surface area (Å²) in [6, 6.07) is 4.84. The van der Waals surface area contributed by atoms with Crippen molar-refractivity contribution in [2.24, 2.45) is 16.6 Å². The molecule has 1 rings (SSSR count). The Hall–Kier alpha value is -2.28. The molecule has 0 heterocycles. The minimum Gasteiger partial charge on any atom is -0.496 e. The molecule has 0 amide bonds. The van der Waals surface area contributed by atoms with Crippen molar-refractivity contribution in [3.05, 3.63) is 23.8 Å². The highest BCUT2D eigenvalue weighted by molar-refractivity contribution is 5.80. The molecule has 0 aromatic heterocycles. The van der Waals surface area contributed by atoms with Gasteiger partial charge in [-0.1, -0.05) is 6.07 Å². The molecular weight excluding hydrogens is 224 g/mol. The molecule has 1 aromatic rings. The summed E-state index contributed by atoms with van der Waals surface area (Å²) in [5.74, 6) is 4.64. The highest BCUT2D eigenvalue weighted by atomic mass is 16.5. The van der Waals surface area contributed by atoms with Crippen LogP contribution in [0.25, 0.3) is 0 Å². The van der Waals surface area contributed by atoms with E-state index >= 15 is 0 Å². The molecule has 0 spiro atoms. The van der Waals surface area contributed by atoms with Gasteiger partial charge in [0.05, 0.1) is 19.2 Å². The molecule has 7 nitrogen and oxygen atoms in total. The Morgan fingerprint density at radius 3 is 2.82 bits per heavy atom. The molecule has 0 saturated heterocycles. The fourth-order valence-corrected chi connectivity index (χ4v) is 1.28. The fourth-order valence-electron chi connectivity index (χ4n) is 1.28. The average molecular weight is 238 g/mol. The quantitative estimate of drug-likeness (QED) is 0.248. The molecule has 0 atom stereocenters. The summed E-state index contributed by atoms with van der Waals surface area (Å²) in [7, 11) is 1.46. The summed E-state index contributed by atoms with van der Waals surface area (Å²) in [5, 5.41) is 8.71. The van der Waals surface area contributed by atoms with Gasteiger partial charge in [0, 0.05) is 11.6 Å². The number of guanidine groups is 1. The topological polar surface area (TPSA) is 123 Å². The standard InChI is InChI=1S/C10H14N4O3/c1-17-8-5-7(13-10(11)14-12)3-2-6(8)4-9(15)16/h2-3,5H,4,12H2,1H3,(H,15,16)(H3,11,13,14). The van der Waals surface area contributed by atoms with Gasteiger partial charge in [0.1, 0.15) is 5.75 Å². The highest BCUT2D eigenvalue weighted by Crippen LogP contribution is 2.25. The number of carbonyl (C=O) groups is 1. The van der Waals surface area contributed by atoms with Gasteiger partial charge in [-0.05, 0) is 6.07 Å². The lowest BCUT2D eigenvalue weighted by molar-refractivity contribution is -0.136. The third-order valence-electron chi connectivity index (χ3n) is 2.01. The molecule has 0 aliphatic rings. The maximum atomic E-state index is 10.6. The molecule has 0 aliphatic carbocycles. The SMILES string of the molecule is COc1cc(N=C(N)NN)ccc1CC(=O)O. The lowest BCUT2D eigenvalue weighted by Gasteiger charge is -2.07. The number of nitrogens with one attached hydrogen (secondary N) is 1. The van der Waals surface area contributed by atoms with E-state index in [4.69, 9.17) is 21.4 Å². The smallest absolute Gasteiger partial charge is 0.307 e. The monoisotopic (exact) mass is 238 g/mol. The maximum Gasteiger partial charge on any atom is 0.307 e. The number of carboxylic acids is 1. The summed E-state index contributed by atoms with van der Waals surface area (Å²) in [6.07, 6.45) is -0.113. The van der Waals surface area contributed by atoms with Crippen LogP contribution in [0.5, 0.6) is 5.75 Å². The van der Waals surface area contributed by atoms with Crippen LogP contribution in [-0.4, -0.2) is 24.1 Å². The first-order valence-corrected chi connectivity index (χ1v) is 4.76. The molecule has 0 bridgehead atoms. The van der Waals surface area contributed by atoms with E-state index in [-0.39, 0.29) is 12.4 Å². The predicted molar refractivity (Wildman–Crippen MR) is 62.9 cm³/mol. The zero-order valence-corrected chi connectivity index (χ0v) is 9.30. The van der Waals surface area contributed by atoms with Crippen molar-refractivity contribution in [1.29, 1.82) is 0 Å². The van der Waals surface area contributed by atoms with E-state index in [9.17, 15) is 4.79 Å². The number of carboxylic acid groups (broad SMARTS) is 1. The van der Waals surface area contributed by atoms with Crippen LogP contribution in [0.4, 0.5) is 5.69 Å². The number of benzene rings is 1. The van der Waals surface area contributed by atoms with Gasteiger partial charge in [-0.3, -0.25) is 10.2 Å². The highest BCUT2D eigenvalue weighted by Gasteiger charge is 2.08. The van der Waals surface area contributed by atoms with Crippen molar-refractivity contribution in [2.45, 2.75) is 6.42 Å². The third-order valence-corrected chi connectivity index (χ3v) is 2.01. The zero-order valence-electron chi connectivity index (χ0n) is 9.30. The van der Waals surface area contributed by atoms with Crippen molar-refractivity contribution in [2.75, 3.05) is 7.11 Å². The van der Waals surface area contributed by atoms with Gasteiger partial charge in [0.15, 0.2) is 0 Å². The Morgan fingerprint density at radius 1 is 1.59 bits per heavy atom. The lowest BCUT2D eigenvalue weighted by atomic mass is 10.1. The van der Waals surface area contributed by atoms with Gasteiger partial charge in [-0.25, -0.2) is 10.8 Å². The molecule has 1 aromatic carbocycles. The van der Waals surface area contributed by atoms with Crippen molar-refractivity contribution >= 4 is 17.6 Å². The van der Waals surface area contributed by atoms with Crippen LogP contribution in [-0.2, 0) is 11.2 Å². The average Bonchev–Trinajstić information content (AvgIpc) is 2.30. The Morgan fingerprint density at radius 2 is 2.29 bits per heavy atom. The molecule has 6 N–H and O–H groups in total. The molecule has 0 unspecified atom stereocenters. The maximum absolute atomic E-state index is 10.6. The Bertz CT molecular complexity index is 445. The van der Waals surface area contributed by atoms with Crippen LogP contribution in [0.15, 0.2) is 23.2 Å². The largest absolute Gasteiger partial charge is 0.496 e. The molecule has 0 radical (unpaired) electrons. The fraction of sp³-hybridized carbons (Fsp3) is 0.200. The number of methoxy groups -OCH3 is 1. The Balaban J connectivity index is 3.04. The zero-order chi connectivity index (χ0) is 12.8. The third kappa shape index (κ3) is 3.65. The molecule has 17 heavy (non-hydrogen) atoms. The van der Waals surface area contributed by atoms with E-state index in [0.717, 1.165) is 0 Å². The minimum atomic E-state index is -0.928. The van der Waals surface area contributed by atoms with Crippen LogP contribution in [0.1, 0.15) is 5.56 Å². The summed E-state index contributed by atoms with van der Waals surface area (Å²) in [6.45, 7) is 0. The summed E-state index contributed by atoms with van der Waals surface area (Å²) >= 11 is 0. The second-order valence-corrected chi connectivity index (χ2v) is 3.21. The Kier molecular flexibility index (Phi) is 4.29. The van der Waals surface area contributed by atoms with E-state index in [1.165, 1.54) is 7.11 Å². The van der Waals surface area contributed by atoms with Gasteiger partial charge >= 0.3 is 5.97 Å². The normalized spacial score (nSPS) is 11.1. The molecule has 7 heteroatoms. The van der Waals surface area contributed by atoms with Crippen LogP contribution in [0, 0.1) is 0 Å². The second kappa shape index (κ2) is 5.71. The van der Waals surface area contributed by atoms with E-state index in [2.05, 4.69) is 10.4 Å². The van der Waals surface area contributed by atoms with Gasteiger partial charge in [-0.2, -0.15) is 0 Å². The van der Waals surface area contributed by atoms with Gasteiger partial charge in [0.2, 0.25) is 5.96 Å². The van der Waals surface area contributed by atoms with E-state index in [1.807, 2.05) is 0 Å². The summed E-state index contributed by atoms with van der Waals surface area (Å²) < 4.78 is 5.08. The number of hydrogen-bond acceptors (Lipinski definition) is 4. The molecule has 92 valence electrons. The molecule has 0 fully saturated rings. The number of hydrazine groups is 1. The number of nitrogens with zero attached hydrogens (tertiary/aromatic N) is 1. The first-order chi connectivity index (χ1) is 8.06. The molecule has 0 saturated carbocycles. The minimum absolute atomic E-state index is 0.0537. The lowest BCUT2D eigenvalue weighted by Crippen LogP contribution is -2.36. The first-order valence-electron chi connectivity index (χ1n) is 4.76.